The highest BCUT2D eigenvalue weighted by molar-refractivity contribution is 5.98. The molecule has 0 spiro atoms. The number of ether oxygens (including phenoxy) is 3. The van der Waals surface area contributed by atoms with E-state index in [1.54, 1.807) is 25.3 Å². The summed E-state index contributed by atoms with van der Waals surface area (Å²) in [5.41, 5.74) is 5.95. The first-order valence-electron chi connectivity index (χ1n) is 6.38. The van der Waals surface area contributed by atoms with Crippen LogP contribution in [0.4, 0.5) is 0 Å². The predicted octanol–water partition coefficient (Wildman–Crippen LogP) is 0.797. The van der Waals surface area contributed by atoms with Crippen LogP contribution in [0.3, 0.4) is 0 Å². The summed E-state index contributed by atoms with van der Waals surface area (Å²) in [5, 5.41) is 2.88. The van der Waals surface area contributed by atoms with Gasteiger partial charge in [0, 0.05) is 7.11 Å². The lowest BCUT2D eigenvalue weighted by Gasteiger charge is -2.18. The zero-order valence-electron chi connectivity index (χ0n) is 12.1. The molecular formula is C14H22N2O4. The van der Waals surface area contributed by atoms with Crippen LogP contribution in [0, 0.1) is 0 Å². The largest absolute Gasteiger partial charge is 0.493 e. The molecule has 6 nitrogen and oxygen atoms in total. The van der Waals surface area contributed by atoms with Crippen molar-refractivity contribution in [1.29, 1.82) is 0 Å². The topological polar surface area (TPSA) is 82.8 Å². The molecule has 0 saturated carbocycles. The molecule has 1 unspecified atom stereocenters. The molecular weight excluding hydrogens is 260 g/mol. The maximum atomic E-state index is 12.3. The van der Waals surface area contributed by atoms with E-state index in [1.165, 1.54) is 14.2 Å². The molecule has 6 heteroatoms. The molecule has 0 aliphatic rings. The van der Waals surface area contributed by atoms with Crippen LogP contribution in [0.5, 0.6) is 11.5 Å². The fourth-order valence-electron chi connectivity index (χ4n) is 1.93. The van der Waals surface area contributed by atoms with E-state index in [1.807, 2.05) is 0 Å². The van der Waals surface area contributed by atoms with Crippen molar-refractivity contribution in [3.05, 3.63) is 23.8 Å². The molecule has 3 N–H and O–H groups in total. The Kier molecular flexibility index (Phi) is 6.83. The Morgan fingerprint density at radius 2 is 2.05 bits per heavy atom. The summed E-state index contributed by atoms with van der Waals surface area (Å²) in [5.74, 6) is 0.690. The van der Waals surface area contributed by atoms with Gasteiger partial charge in [-0.3, -0.25) is 4.79 Å². The van der Waals surface area contributed by atoms with Crippen LogP contribution in [0.25, 0.3) is 0 Å². The zero-order valence-corrected chi connectivity index (χ0v) is 12.1. The minimum atomic E-state index is -0.240. The van der Waals surface area contributed by atoms with Crippen LogP contribution >= 0.6 is 0 Å². The van der Waals surface area contributed by atoms with Crippen LogP contribution < -0.4 is 20.5 Å². The maximum absolute atomic E-state index is 12.3. The number of nitrogens with two attached hydrogens (primary N) is 1. The quantitative estimate of drug-likeness (QED) is 0.737. The van der Waals surface area contributed by atoms with Gasteiger partial charge in [0.15, 0.2) is 11.5 Å². The van der Waals surface area contributed by atoms with Crippen molar-refractivity contribution < 1.29 is 19.0 Å². The third-order valence-corrected chi connectivity index (χ3v) is 2.87. The van der Waals surface area contributed by atoms with E-state index in [9.17, 15) is 4.79 Å². The van der Waals surface area contributed by atoms with Crippen LogP contribution in [0.2, 0.25) is 0 Å². The van der Waals surface area contributed by atoms with E-state index in [0.717, 1.165) is 0 Å². The molecule has 1 aromatic carbocycles. The Balaban J connectivity index is 2.90. The summed E-state index contributed by atoms with van der Waals surface area (Å²) in [4.78, 5) is 12.3. The minimum Gasteiger partial charge on any atom is -0.493 e. The van der Waals surface area contributed by atoms with Gasteiger partial charge in [-0.25, -0.2) is 0 Å². The van der Waals surface area contributed by atoms with Gasteiger partial charge in [0.2, 0.25) is 0 Å². The average Bonchev–Trinajstić information content (AvgIpc) is 2.46. The number of hydrogen-bond donors (Lipinski definition) is 2. The van der Waals surface area contributed by atoms with Gasteiger partial charge in [0.1, 0.15) is 0 Å². The molecule has 0 bridgehead atoms. The van der Waals surface area contributed by atoms with Crippen LogP contribution in [-0.4, -0.2) is 46.4 Å². The normalized spacial score (nSPS) is 11.8. The summed E-state index contributed by atoms with van der Waals surface area (Å²) in [6, 6.07) is 5.03. The zero-order chi connectivity index (χ0) is 15.0. The third kappa shape index (κ3) is 4.11. The van der Waals surface area contributed by atoms with Crippen LogP contribution in [0.15, 0.2) is 18.2 Å². The van der Waals surface area contributed by atoms with Gasteiger partial charge < -0.3 is 25.3 Å². The number of para-hydroxylation sites is 1. The Labute approximate surface area is 119 Å². The highest BCUT2D eigenvalue weighted by Gasteiger charge is 2.19. The van der Waals surface area contributed by atoms with Gasteiger partial charge in [-0.2, -0.15) is 0 Å². The van der Waals surface area contributed by atoms with Gasteiger partial charge in [-0.05, 0) is 25.1 Å². The smallest absolute Gasteiger partial charge is 0.255 e. The summed E-state index contributed by atoms with van der Waals surface area (Å²) in [6.45, 7) is 0.888. The SMILES string of the molecule is COCC(CCN)NC(=O)c1cccc(OC)c1OC. The second-order valence-corrected chi connectivity index (χ2v) is 4.24. The first-order valence-corrected chi connectivity index (χ1v) is 6.38. The number of carbonyl (C=O) groups is 1. The Hall–Kier alpha value is -1.79. The van der Waals surface area contributed by atoms with Crippen molar-refractivity contribution in [2.75, 3.05) is 34.5 Å². The molecule has 20 heavy (non-hydrogen) atoms. The molecule has 1 atom stereocenters. The first kappa shape index (κ1) is 16.3. The van der Waals surface area contributed by atoms with Crippen molar-refractivity contribution >= 4 is 5.91 Å². The molecule has 112 valence electrons. The van der Waals surface area contributed by atoms with Crippen LogP contribution in [0.1, 0.15) is 16.8 Å². The monoisotopic (exact) mass is 282 g/mol. The van der Waals surface area contributed by atoms with Crippen molar-refractivity contribution in [3.8, 4) is 11.5 Å². The number of rotatable bonds is 8. The van der Waals surface area contributed by atoms with Crippen molar-refractivity contribution in [2.45, 2.75) is 12.5 Å². The van der Waals surface area contributed by atoms with Crippen molar-refractivity contribution in [2.24, 2.45) is 5.73 Å². The number of carbonyl (C=O) groups excluding carboxylic acids is 1. The summed E-state index contributed by atoms with van der Waals surface area (Å²) in [7, 11) is 4.62. The molecule has 0 aromatic heterocycles. The third-order valence-electron chi connectivity index (χ3n) is 2.87. The van der Waals surface area contributed by atoms with Crippen LogP contribution in [-0.2, 0) is 4.74 Å². The van der Waals surface area contributed by atoms with E-state index >= 15 is 0 Å². The molecule has 1 rings (SSSR count). The van der Waals surface area contributed by atoms with Gasteiger partial charge >= 0.3 is 0 Å². The van der Waals surface area contributed by atoms with E-state index < -0.39 is 0 Å². The summed E-state index contributed by atoms with van der Waals surface area (Å²) in [6.07, 6.45) is 0.645. The summed E-state index contributed by atoms with van der Waals surface area (Å²) < 4.78 is 15.5. The highest BCUT2D eigenvalue weighted by atomic mass is 16.5. The lowest BCUT2D eigenvalue weighted by molar-refractivity contribution is 0.0890. The molecule has 1 amide bonds. The lowest BCUT2D eigenvalue weighted by Crippen LogP contribution is -2.39. The fourth-order valence-corrected chi connectivity index (χ4v) is 1.93. The van der Waals surface area contributed by atoms with Gasteiger partial charge in [-0.1, -0.05) is 6.07 Å². The number of amides is 1. The lowest BCUT2D eigenvalue weighted by atomic mass is 10.1. The molecule has 0 fully saturated rings. The second-order valence-electron chi connectivity index (χ2n) is 4.24. The summed E-state index contributed by atoms with van der Waals surface area (Å²) >= 11 is 0. The predicted molar refractivity (Wildman–Crippen MR) is 76.3 cm³/mol. The first-order chi connectivity index (χ1) is 9.67. The fraction of sp³-hybridized carbons (Fsp3) is 0.500. The molecule has 0 aliphatic carbocycles. The Bertz CT molecular complexity index is 431. The van der Waals surface area contributed by atoms with E-state index in [2.05, 4.69) is 5.32 Å². The minimum absolute atomic E-state index is 0.131. The number of benzene rings is 1. The maximum Gasteiger partial charge on any atom is 0.255 e. The average molecular weight is 282 g/mol. The van der Waals surface area contributed by atoms with Crippen molar-refractivity contribution in [3.63, 3.8) is 0 Å². The Morgan fingerprint density at radius 3 is 2.60 bits per heavy atom. The van der Waals surface area contributed by atoms with Crippen molar-refractivity contribution in [1.82, 2.24) is 5.32 Å². The second kappa shape index (κ2) is 8.39. The highest BCUT2D eigenvalue weighted by Crippen LogP contribution is 2.30. The van der Waals surface area contributed by atoms with Gasteiger partial charge in [0.05, 0.1) is 32.4 Å². The molecule has 0 saturated heterocycles. The number of methoxy groups -OCH3 is 3. The van der Waals surface area contributed by atoms with Gasteiger partial charge in [-0.15, -0.1) is 0 Å². The van der Waals surface area contributed by atoms with E-state index in [-0.39, 0.29) is 11.9 Å². The number of nitrogens with one attached hydrogen (secondary N) is 1. The van der Waals surface area contributed by atoms with E-state index in [0.29, 0.717) is 36.6 Å². The molecule has 0 heterocycles. The van der Waals surface area contributed by atoms with Gasteiger partial charge in [0.25, 0.3) is 5.91 Å². The molecule has 1 aromatic rings. The number of hydrogen-bond acceptors (Lipinski definition) is 5. The molecule has 0 aliphatic heterocycles. The molecule has 0 radical (unpaired) electrons. The van der Waals surface area contributed by atoms with E-state index in [4.69, 9.17) is 19.9 Å². The Morgan fingerprint density at radius 1 is 1.30 bits per heavy atom. The standard InChI is InChI=1S/C14H22N2O4/c1-18-9-10(7-8-15)16-14(17)11-5-4-6-12(19-2)13(11)20-3/h4-6,10H,7-9,15H2,1-3H3,(H,16,17).